The molecule has 5 nitrogen and oxygen atoms in total. The van der Waals surface area contributed by atoms with Gasteiger partial charge in [-0.1, -0.05) is 31.2 Å². The Bertz CT molecular complexity index is 904. The fourth-order valence-corrected chi connectivity index (χ4v) is 3.38. The lowest BCUT2D eigenvalue weighted by atomic mass is 9.99. The van der Waals surface area contributed by atoms with Crippen LogP contribution in [-0.4, -0.2) is 29.3 Å². The van der Waals surface area contributed by atoms with Crippen LogP contribution in [0, 0.1) is 5.92 Å². The van der Waals surface area contributed by atoms with Crippen LogP contribution in [0.3, 0.4) is 0 Å². The van der Waals surface area contributed by atoms with Crippen LogP contribution in [0.5, 0.6) is 0 Å². The van der Waals surface area contributed by atoms with Gasteiger partial charge in [-0.2, -0.15) is 5.10 Å². The summed E-state index contributed by atoms with van der Waals surface area (Å²) in [6.45, 7) is 4.63. The Balaban J connectivity index is 1.40. The molecule has 1 aromatic heterocycles. The van der Waals surface area contributed by atoms with Crippen molar-refractivity contribution in [2.45, 2.75) is 19.8 Å². The molecule has 4 rings (SSSR count). The highest BCUT2D eigenvalue weighted by molar-refractivity contribution is 5.81. The van der Waals surface area contributed by atoms with Crippen molar-refractivity contribution < 1.29 is 0 Å². The summed E-state index contributed by atoms with van der Waals surface area (Å²) in [6.07, 6.45) is 6.12. The summed E-state index contributed by atoms with van der Waals surface area (Å²) in [7, 11) is 0. The van der Waals surface area contributed by atoms with Crippen LogP contribution in [0.25, 0.3) is 11.0 Å². The van der Waals surface area contributed by atoms with Crippen LogP contribution in [0.2, 0.25) is 0 Å². The molecule has 0 bridgehead atoms. The molecule has 1 aliphatic heterocycles. The molecule has 5 heteroatoms. The van der Waals surface area contributed by atoms with Gasteiger partial charge in [0.1, 0.15) is 0 Å². The topological polar surface area (TPSA) is 53.4 Å². The summed E-state index contributed by atoms with van der Waals surface area (Å²) in [4.78, 5) is 11.3. The smallest absolute Gasteiger partial charge is 0.165 e. The van der Waals surface area contributed by atoms with Gasteiger partial charge in [-0.3, -0.25) is 10.4 Å². The fraction of sp³-hybridized carbons (Fsp3) is 0.286. The number of nitrogens with zero attached hydrogens (tertiary/aromatic N) is 4. The van der Waals surface area contributed by atoms with Gasteiger partial charge in [0.25, 0.3) is 0 Å². The predicted molar refractivity (Wildman–Crippen MR) is 108 cm³/mol. The monoisotopic (exact) mass is 345 g/mol. The van der Waals surface area contributed by atoms with Crippen molar-refractivity contribution in [3.63, 3.8) is 0 Å². The second kappa shape index (κ2) is 7.52. The molecule has 0 radical (unpaired) electrons. The van der Waals surface area contributed by atoms with Crippen molar-refractivity contribution >= 4 is 28.8 Å². The number of hydrogen-bond acceptors (Lipinski definition) is 5. The van der Waals surface area contributed by atoms with Gasteiger partial charge in [0.15, 0.2) is 5.82 Å². The lowest BCUT2D eigenvalue weighted by Crippen LogP contribution is -2.34. The van der Waals surface area contributed by atoms with E-state index in [0.717, 1.165) is 35.6 Å². The average molecular weight is 345 g/mol. The minimum Gasteiger partial charge on any atom is -0.371 e. The van der Waals surface area contributed by atoms with Crippen molar-refractivity contribution in [2.24, 2.45) is 11.0 Å². The molecule has 1 N–H and O–H groups in total. The number of rotatable bonds is 4. The van der Waals surface area contributed by atoms with Crippen molar-refractivity contribution in [2.75, 3.05) is 23.4 Å². The van der Waals surface area contributed by atoms with Gasteiger partial charge in [-0.25, -0.2) is 4.98 Å². The molecule has 26 heavy (non-hydrogen) atoms. The molecule has 1 saturated heterocycles. The molecule has 0 spiro atoms. The van der Waals surface area contributed by atoms with Crippen molar-refractivity contribution in [1.82, 2.24) is 9.97 Å². The summed E-state index contributed by atoms with van der Waals surface area (Å²) in [5.41, 5.74) is 7.04. The third-order valence-corrected chi connectivity index (χ3v) is 4.76. The molecular weight excluding hydrogens is 322 g/mol. The number of benzene rings is 2. The summed E-state index contributed by atoms with van der Waals surface area (Å²) in [6, 6.07) is 16.4. The largest absolute Gasteiger partial charge is 0.371 e. The van der Waals surface area contributed by atoms with E-state index in [-0.39, 0.29) is 0 Å². The van der Waals surface area contributed by atoms with Crippen LogP contribution in [-0.2, 0) is 0 Å². The molecule has 1 unspecified atom stereocenters. The Kier molecular flexibility index (Phi) is 4.78. The minimum absolute atomic E-state index is 0.638. The van der Waals surface area contributed by atoms with Gasteiger partial charge in [-0.15, -0.1) is 0 Å². The average Bonchev–Trinajstić information content (AvgIpc) is 2.68. The van der Waals surface area contributed by atoms with Gasteiger partial charge in [0.05, 0.1) is 23.4 Å². The molecule has 0 amide bonds. The number of fused-ring (bicyclic) bond motifs is 1. The number of nitrogens with one attached hydrogen (secondary N) is 1. The summed E-state index contributed by atoms with van der Waals surface area (Å²) in [5.74, 6) is 1.41. The molecule has 3 aromatic rings. The third kappa shape index (κ3) is 3.82. The van der Waals surface area contributed by atoms with Crippen LogP contribution in [0.4, 0.5) is 11.5 Å². The molecule has 0 saturated carbocycles. The zero-order chi connectivity index (χ0) is 17.8. The van der Waals surface area contributed by atoms with Gasteiger partial charge in [-0.05, 0) is 48.6 Å². The lowest BCUT2D eigenvalue weighted by molar-refractivity contribution is 0.447. The van der Waals surface area contributed by atoms with Gasteiger partial charge < -0.3 is 4.90 Å². The normalized spacial score (nSPS) is 17.7. The Morgan fingerprint density at radius 3 is 2.73 bits per heavy atom. The van der Waals surface area contributed by atoms with Gasteiger partial charge in [0.2, 0.25) is 0 Å². The first-order valence-electron chi connectivity index (χ1n) is 9.14. The van der Waals surface area contributed by atoms with E-state index in [4.69, 9.17) is 0 Å². The second-order valence-electron chi connectivity index (χ2n) is 6.90. The number of hydrazone groups is 1. The van der Waals surface area contributed by atoms with Crippen molar-refractivity contribution in [3.8, 4) is 0 Å². The van der Waals surface area contributed by atoms with E-state index in [1.807, 2.05) is 24.3 Å². The maximum absolute atomic E-state index is 4.49. The van der Waals surface area contributed by atoms with E-state index in [2.05, 4.69) is 56.6 Å². The first-order chi connectivity index (χ1) is 12.8. The molecule has 0 aliphatic carbocycles. The summed E-state index contributed by atoms with van der Waals surface area (Å²) in [5, 5.41) is 4.28. The first kappa shape index (κ1) is 16.5. The van der Waals surface area contributed by atoms with E-state index >= 15 is 0 Å². The maximum Gasteiger partial charge on any atom is 0.165 e. The molecule has 2 heterocycles. The van der Waals surface area contributed by atoms with Crippen LogP contribution in [0.15, 0.2) is 59.8 Å². The molecule has 1 aliphatic rings. The Labute approximate surface area is 153 Å². The van der Waals surface area contributed by atoms with Crippen LogP contribution >= 0.6 is 0 Å². The standard InChI is InChI=1S/C21H23N5/c1-16-5-4-12-26(15-16)18-10-8-17(9-11-18)13-23-25-21-14-22-19-6-2-3-7-20(19)24-21/h2-3,6-11,13-14,16H,4-5,12,15H2,1H3,(H,24,25). The summed E-state index contributed by atoms with van der Waals surface area (Å²) >= 11 is 0. The quantitative estimate of drug-likeness (QED) is 0.565. The highest BCUT2D eigenvalue weighted by atomic mass is 15.3. The zero-order valence-corrected chi connectivity index (χ0v) is 15.0. The highest BCUT2D eigenvalue weighted by Gasteiger charge is 2.16. The van der Waals surface area contributed by atoms with E-state index < -0.39 is 0 Å². The van der Waals surface area contributed by atoms with Gasteiger partial charge >= 0.3 is 0 Å². The Hall–Kier alpha value is -2.95. The number of hydrogen-bond donors (Lipinski definition) is 1. The summed E-state index contributed by atoms with van der Waals surface area (Å²) < 4.78 is 0. The molecule has 132 valence electrons. The first-order valence-corrected chi connectivity index (χ1v) is 9.14. The number of para-hydroxylation sites is 2. The fourth-order valence-electron chi connectivity index (χ4n) is 3.38. The van der Waals surface area contributed by atoms with Crippen molar-refractivity contribution in [1.29, 1.82) is 0 Å². The van der Waals surface area contributed by atoms with E-state index in [1.165, 1.54) is 18.5 Å². The zero-order valence-electron chi connectivity index (χ0n) is 15.0. The lowest BCUT2D eigenvalue weighted by Gasteiger charge is -2.32. The number of piperidine rings is 1. The SMILES string of the molecule is CC1CCCN(c2ccc(C=NNc3cnc4ccccc4n3)cc2)C1. The van der Waals surface area contributed by atoms with E-state index in [0.29, 0.717) is 5.82 Å². The van der Waals surface area contributed by atoms with Crippen LogP contribution in [0.1, 0.15) is 25.3 Å². The highest BCUT2D eigenvalue weighted by Crippen LogP contribution is 2.22. The van der Waals surface area contributed by atoms with Gasteiger partial charge in [0, 0.05) is 18.8 Å². The molecule has 2 aromatic carbocycles. The molecule has 1 atom stereocenters. The minimum atomic E-state index is 0.638. The Morgan fingerprint density at radius 1 is 1.12 bits per heavy atom. The molecule has 1 fully saturated rings. The van der Waals surface area contributed by atoms with E-state index in [1.54, 1.807) is 12.4 Å². The van der Waals surface area contributed by atoms with Crippen LogP contribution < -0.4 is 10.3 Å². The predicted octanol–water partition coefficient (Wildman–Crippen LogP) is 4.31. The van der Waals surface area contributed by atoms with Crippen molar-refractivity contribution in [3.05, 3.63) is 60.3 Å². The maximum atomic E-state index is 4.49. The van der Waals surface area contributed by atoms with E-state index in [9.17, 15) is 0 Å². The molecular formula is C21H23N5. The second-order valence-corrected chi connectivity index (χ2v) is 6.90. The number of aromatic nitrogens is 2. The number of anilines is 2. The third-order valence-electron chi connectivity index (χ3n) is 4.76. The Morgan fingerprint density at radius 2 is 1.92 bits per heavy atom.